The molecule has 0 saturated carbocycles. The van der Waals surface area contributed by atoms with Gasteiger partial charge in [-0.05, 0) is 61.1 Å². The average Bonchev–Trinajstić information content (AvgIpc) is 3.19. The van der Waals surface area contributed by atoms with E-state index in [0.29, 0.717) is 45.3 Å². The molecule has 0 spiro atoms. The molecule has 10 heteroatoms. The number of aliphatic hydroxyl groups excluding tert-OH is 1. The van der Waals surface area contributed by atoms with Crippen LogP contribution in [-0.4, -0.2) is 37.0 Å². The van der Waals surface area contributed by atoms with Crippen molar-refractivity contribution in [1.29, 1.82) is 0 Å². The second-order valence-electron chi connectivity index (χ2n) is 10.2. The number of hydrogen-bond donors (Lipinski definition) is 3. The van der Waals surface area contributed by atoms with Gasteiger partial charge in [-0.3, -0.25) is 5.32 Å². The molecule has 8 nitrogen and oxygen atoms in total. The summed E-state index contributed by atoms with van der Waals surface area (Å²) >= 11 is 0. The van der Waals surface area contributed by atoms with Crippen LogP contribution in [0, 0.1) is 25.5 Å². The van der Waals surface area contributed by atoms with Gasteiger partial charge in [0, 0.05) is 23.5 Å². The van der Waals surface area contributed by atoms with Gasteiger partial charge >= 0.3 is 6.03 Å². The van der Waals surface area contributed by atoms with Gasteiger partial charge in [-0.15, -0.1) is 0 Å². The first kappa shape index (κ1) is 25.5. The van der Waals surface area contributed by atoms with E-state index in [1.165, 1.54) is 0 Å². The predicted molar refractivity (Wildman–Crippen MR) is 139 cm³/mol. The molecule has 0 aliphatic heterocycles. The number of aryl methyl sites for hydroxylation is 1. The number of hydrogen-bond acceptors (Lipinski definition) is 5. The normalized spacial score (nSPS) is 18.1. The number of carbonyl (C=O) groups is 1. The number of nitrogens with one attached hydrogen (secondary N) is 2. The van der Waals surface area contributed by atoms with Crippen LogP contribution in [0.2, 0.25) is 0 Å². The van der Waals surface area contributed by atoms with Crippen molar-refractivity contribution < 1.29 is 18.7 Å². The second-order valence-corrected chi connectivity index (χ2v) is 10.2. The van der Waals surface area contributed by atoms with Gasteiger partial charge in [0.1, 0.15) is 17.3 Å². The van der Waals surface area contributed by atoms with Crippen LogP contribution in [0.1, 0.15) is 48.8 Å². The highest BCUT2D eigenvalue weighted by Crippen LogP contribution is 2.42. The molecule has 2 aromatic heterocycles. The molecule has 0 saturated heterocycles. The molecule has 38 heavy (non-hydrogen) atoms. The Balaban J connectivity index is 1.50. The predicted octanol–water partition coefficient (Wildman–Crippen LogP) is 5.13. The summed E-state index contributed by atoms with van der Waals surface area (Å²) in [5.41, 5.74) is 2.94. The first-order valence-electron chi connectivity index (χ1n) is 12.2. The monoisotopic (exact) mass is 518 g/mol. The third-order valence-corrected chi connectivity index (χ3v) is 6.96. The molecular weight excluding hydrogens is 490 g/mol. The molecule has 2 amide bonds. The van der Waals surface area contributed by atoms with Gasteiger partial charge in [-0.1, -0.05) is 32.0 Å². The van der Waals surface area contributed by atoms with E-state index in [1.807, 2.05) is 51.1 Å². The Kier molecular flexibility index (Phi) is 6.44. The number of carbonyl (C=O) groups excluding carboxylic acids is 1. The van der Waals surface area contributed by atoms with Crippen LogP contribution in [-0.2, 0) is 5.41 Å². The number of anilines is 1. The minimum atomic E-state index is -1.04. The summed E-state index contributed by atoms with van der Waals surface area (Å²) in [5, 5.41) is 21.2. The van der Waals surface area contributed by atoms with Crippen LogP contribution < -0.4 is 10.6 Å². The van der Waals surface area contributed by atoms with E-state index in [4.69, 9.17) is 5.10 Å². The zero-order valence-electron chi connectivity index (χ0n) is 21.5. The third-order valence-electron chi connectivity index (χ3n) is 6.96. The molecule has 0 bridgehead atoms. The van der Waals surface area contributed by atoms with Crippen molar-refractivity contribution in [2.24, 2.45) is 0 Å². The highest BCUT2D eigenvalue weighted by atomic mass is 19.2. The standard InChI is InChI=1S/C28H28F2N6O2/c1-15-24(17-13-31-16(2)32-14-17)35-36(18-8-6-5-7-9-18)26(15)34-27(38)33-25-19-10-21(29)22(30)11-20(19)28(3,4)12-23(25)37/h5-11,13-14,23,25,37H,12H2,1-4H3,(H2,33,34,38)/t23?,25-/m1/s1. The number of fused-ring (bicyclic) bond motifs is 1. The highest BCUT2D eigenvalue weighted by molar-refractivity contribution is 5.91. The van der Waals surface area contributed by atoms with Gasteiger partial charge in [0.15, 0.2) is 11.6 Å². The fourth-order valence-electron chi connectivity index (χ4n) is 5.01. The smallest absolute Gasteiger partial charge is 0.320 e. The van der Waals surface area contributed by atoms with E-state index in [-0.39, 0.29) is 6.42 Å². The van der Waals surface area contributed by atoms with E-state index in [0.717, 1.165) is 12.1 Å². The van der Waals surface area contributed by atoms with E-state index in [9.17, 15) is 18.7 Å². The number of para-hydroxylation sites is 1. The van der Waals surface area contributed by atoms with E-state index in [1.54, 1.807) is 24.0 Å². The quantitative estimate of drug-likeness (QED) is 0.348. The first-order valence-corrected chi connectivity index (χ1v) is 12.2. The molecule has 196 valence electrons. The molecule has 4 aromatic rings. The Hall–Kier alpha value is -4.18. The second kappa shape index (κ2) is 9.60. The zero-order chi connectivity index (χ0) is 27.2. The van der Waals surface area contributed by atoms with Gasteiger partial charge in [0.2, 0.25) is 0 Å². The van der Waals surface area contributed by atoms with Crippen LogP contribution in [0.15, 0.2) is 54.9 Å². The van der Waals surface area contributed by atoms with Gasteiger partial charge in [-0.2, -0.15) is 5.10 Å². The molecule has 0 fully saturated rings. The lowest BCUT2D eigenvalue weighted by molar-refractivity contribution is 0.0878. The number of rotatable bonds is 4. The summed E-state index contributed by atoms with van der Waals surface area (Å²) in [4.78, 5) is 21.8. The topological polar surface area (TPSA) is 105 Å². The maximum atomic E-state index is 14.2. The molecule has 5 rings (SSSR count). The molecule has 2 atom stereocenters. The minimum Gasteiger partial charge on any atom is -0.391 e. The van der Waals surface area contributed by atoms with Crippen LogP contribution in [0.25, 0.3) is 16.9 Å². The van der Waals surface area contributed by atoms with Gasteiger partial charge in [0.25, 0.3) is 0 Å². The maximum Gasteiger partial charge on any atom is 0.320 e. The minimum absolute atomic E-state index is 0.258. The van der Waals surface area contributed by atoms with E-state index in [2.05, 4.69) is 20.6 Å². The summed E-state index contributed by atoms with van der Waals surface area (Å²) in [6.07, 6.45) is 2.59. The lowest BCUT2D eigenvalue weighted by atomic mass is 9.69. The van der Waals surface area contributed by atoms with Crippen LogP contribution in [0.4, 0.5) is 19.4 Å². The number of aromatic nitrogens is 4. The van der Waals surface area contributed by atoms with Crippen molar-refractivity contribution in [3.05, 3.63) is 89.0 Å². The van der Waals surface area contributed by atoms with Crippen LogP contribution >= 0.6 is 0 Å². The first-order chi connectivity index (χ1) is 18.0. The van der Waals surface area contributed by atoms with Crippen LogP contribution in [0.5, 0.6) is 0 Å². The van der Waals surface area contributed by atoms with Gasteiger partial charge < -0.3 is 10.4 Å². The molecule has 2 aromatic carbocycles. The molecule has 1 aliphatic carbocycles. The Morgan fingerprint density at radius 2 is 1.74 bits per heavy atom. The van der Waals surface area contributed by atoms with Crippen molar-refractivity contribution >= 4 is 11.8 Å². The fourth-order valence-corrected chi connectivity index (χ4v) is 5.01. The van der Waals surface area contributed by atoms with E-state index < -0.39 is 35.2 Å². The van der Waals surface area contributed by atoms with Crippen LogP contribution in [0.3, 0.4) is 0 Å². The number of halogens is 2. The molecule has 3 N–H and O–H groups in total. The summed E-state index contributed by atoms with van der Waals surface area (Å²) in [7, 11) is 0. The number of benzene rings is 2. The molecule has 0 radical (unpaired) electrons. The lowest BCUT2D eigenvalue weighted by Gasteiger charge is -2.40. The number of amides is 2. The number of nitrogens with zero attached hydrogens (tertiary/aromatic N) is 4. The molecular formula is C28H28F2N6O2. The molecule has 2 heterocycles. The van der Waals surface area contributed by atoms with Gasteiger partial charge in [-0.25, -0.2) is 28.2 Å². The number of urea groups is 1. The summed E-state index contributed by atoms with van der Waals surface area (Å²) in [5.74, 6) is -0.979. The lowest BCUT2D eigenvalue weighted by Crippen LogP contribution is -2.45. The van der Waals surface area contributed by atoms with Crippen molar-refractivity contribution in [3.8, 4) is 16.9 Å². The average molecular weight is 519 g/mol. The van der Waals surface area contributed by atoms with E-state index >= 15 is 0 Å². The zero-order valence-corrected chi connectivity index (χ0v) is 21.5. The largest absolute Gasteiger partial charge is 0.391 e. The fraction of sp³-hybridized carbons (Fsp3) is 0.286. The van der Waals surface area contributed by atoms with Crippen molar-refractivity contribution in [1.82, 2.24) is 25.1 Å². The number of aliphatic hydroxyl groups is 1. The highest BCUT2D eigenvalue weighted by Gasteiger charge is 2.40. The Bertz CT molecular complexity index is 1500. The summed E-state index contributed by atoms with van der Waals surface area (Å²) < 4.78 is 29.9. The summed E-state index contributed by atoms with van der Waals surface area (Å²) in [6.45, 7) is 7.31. The Morgan fingerprint density at radius 1 is 1.08 bits per heavy atom. The van der Waals surface area contributed by atoms with Crippen molar-refractivity contribution in [2.75, 3.05) is 5.32 Å². The third kappa shape index (κ3) is 4.63. The van der Waals surface area contributed by atoms with Gasteiger partial charge in [0.05, 0.1) is 17.8 Å². The van der Waals surface area contributed by atoms with Crippen molar-refractivity contribution in [2.45, 2.75) is 51.7 Å². The molecule has 1 aliphatic rings. The Labute approximate surface area is 218 Å². The SMILES string of the molecule is Cc1ncc(-c2nn(-c3ccccc3)c(NC(=O)N[C@@H]3c4cc(F)c(F)cc4C(C)(C)CC3O)c2C)cn1. The van der Waals surface area contributed by atoms with Crippen molar-refractivity contribution in [3.63, 3.8) is 0 Å². The Morgan fingerprint density at radius 3 is 2.42 bits per heavy atom. The molecule has 1 unspecified atom stereocenters. The summed E-state index contributed by atoms with van der Waals surface area (Å²) in [6, 6.07) is 9.92. The maximum absolute atomic E-state index is 14.2.